The van der Waals surface area contributed by atoms with Crippen molar-refractivity contribution >= 4 is 0 Å². The van der Waals surface area contributed by atoms with Crippen LogP contribution in [0.5, 0.6) is 0 Å². The molecule has 1 aromatic rings. The Morgan fingerprint density at radius 2 is 2.18 bits per heavy atom. The van der Waals surface area contributed by atoms with Crippen LogP contribution in [-0.2, 0) is 6.54 Å². The molecule has 0 aromatic carbocycles. The molecule has 0 amide bonds. The highest BCUT2D eigenvalue weighted by Gasteiger charge is 2.05. The third-order valence-electron chi connectivity index (χ3n) is 1.54. The fourth-order valence-corrected chi connectivity index (χ4v) is 1.09. The number of furan rings is 1. The van der Waals surface area contributed by atoms with E-state index in [1.807, 2.05) is 19.9 Å². The Balaban J connectivity index is 2.77. The average molecular weight is 155 g/mol. The molecule has 0 aliphatic heterocycles. The molecule has 0 spiro atoms. The number of hydrogen-bond acceptors (Lipinski definition) is 3. The van der Waals surface area contributed by atoms with Crippen LogP contribution in [0, 0.1) is 13.8 Å². The minimum absolute atomic E-state index is 0.517. The molecule has 0 bridgehead atoms. The lowest BCUT2D eigenvalue weighted by molar-refractivity contribution is -0.0734. The van der Waals surface area contributed by atoms with Gasteiger partial charge in [-0.05, 0) is 19.9 Å². The summed E-state index contributed by atoms with van der Waals surface area (Å²) in [5, 5.41) is 10.1. The SMILES string of the molecule is Cc1cc(CN(C)O)c(C)o1. The molecule has 62 valence electrons. The molecular formula is C8H13NO2. The monoisotopic (exact) mass is 155 g/mol. The maximum atomic E-state index is 8.93. The first kappa shape index (κ1) is 8.30. The van der Waals surface area contributed by atoms with Crippen LogP contribution in [0.3, 0.4) is 0 Å². The van der Waals surface area contributed by atoms with E-state index >= 15 is 0 Å². The predicted octanol–water partition coefficient (Wildman–Crippen LogP) is 1.72. The molecule has 0 fully saturated rings. The lowest BCUT2D eigenvalue weighted by Crippen LogP contribution is -2.11. The highest BCUT2D eigenvalue weighted by molar-refractivity contribution is 5.19. The predicted molar refractivity (Wildman–Crippen MR) is 41.4 cm³/mol. The number of hydroxylamine groups is 2. The molecule has 0 saturated carbocycles. The zero-order valence-corrected chi connectivity index (χ0v) is 7.09. The van der Waals surface area contributed by atoms with E-state index in [1.54, 1.807) is 7.05 Å². The fourth-order valence-electron chi connectivity index (χ4n) is 1.09. The van der Waals surface area contributed by atoms with Gasteiger partial charge in [0, 0.05) is 12.6 Å². The number of nitrogens with zero attached hydrogens (tertiary/aromatic N) is 1. The number of aryl methyl sites for hydroxylation is 2. The van der Waals surface area contributed by atoms with E-state index < -0.39 is 0 Å². The first-order chi connectivity index (χ1) is 5.09. The zero-order chi connectivity index (χ0) is 8.43. The Bertz CT molecular complexity index is 240. The summed E-state index contributed by atoms with van der Waals surface area (Å²) in [5.74, 6) is 1.77. The van der Waals surface area contributed by atoms with E-state index in [0.717, 1.165) is 22.1 Å². The van der Waals surface area contributed by atoms with Crippen molar-refractivity contribution in [1.29, 1.82) is 0 Å². The Kier molecular flexibility index (Phi) is 2.31. The van der Waals surface area contributed by atoms with E-state index in [0.29, 0.717) is 6.54 Å². The molecular weight excluding hydrogens is 142 g/mol. The second-order valence-electron chi connectivity index (χ2n) is 2.75. The van der Waals surface area contributed by atoms with Crippen molar-refractivity contribution in [2.75, 3.05) is 7.05 Å². The molecule has 0 unspecified atom stereocenters. The maximum absolute atomic E-state index is 8.93. The van der Waals surface area contributed by atoms with Gasteiger partial charge in [-0.15, -0.1) is 0 Å². The van der Waals surface area contributed by atoms with Gasteiger partial charge in [0.1, 0.15) is 11.5 Å². The molecule has 1 aromatic heterocycles. The van der Waals surface area contributed by atoms with Crippen molar-refractivity contribution in [3.05, 3.63) is 23.2 Å². The number of rotatable bonds is 2. The third-order valence-corrected chi connectivity index (χ3v) is 1.54. The lowest BCUT2D eigenvalue weighted by Gasteiger charge is -2.05. The first-order valence-electron chi connectivity index (χ1n) is 3.55. The molecule has 0 aliphatic rings. The van der Waals surface area contributed by atoms with E-state index in [-0.39, 0.29) is 0 Å². The van der Waals surface area contributed by atoms with Gasteiger partial charge in [-0.25, -0.2) is 0 Å². The van der Waals surface area contributed by atoms with Crippen LogP contribution in [-0.4, -0.2) is 17.3 Å². The molecule has 1 rings (SSSR count). The fraction of sp³-hybridized carbons (Fsp3) is 0.500. The summed E-state index contributed by atoms with van der Waals surface area (Å²) in [7, 11) is 1.61. The Hall–Kier alpha value is -0.800. The van der Waals surface area contributed by atoms with Crippen LogP contribution in [0.1, 0.15) is 17.1 Å². The normalized spacial score (nSPS) is 11.0. The van der Waals surface area contributed by atoms with Crippen molar-refractivity contribution in [3.8, 4) is 0 Å². The van der Waals surface area contributed by atoms with Crippen molar-refractivity contribution < 1.29 is 9.62 Å². The van der Waals surface area contributed by atoms with Gasteiger partial charge in [0.2, 0.25) is 0 Å². The molecule has 1 N–H and O–H groups in total. The van der Waals surface area contributed by atoms with Gasteiger partial charge < -0.3 is 9.62 Å². The second kappa shape index (κ2) is 3.07. The largest absolute Gasteiger partial charge is 0.466 e. The van der Waals surface area contributed by atoms with Gasteiger partial charge in [0.15, 0.2) is 0 Å². The molecule has 0 atom stereocenters. The lowest BCUT2D eigenvalue weighted by atomic mass is 10.2. The number of hydrogen-bond donors (Lipinski definition) is 1. The smallest absolute Gasteiger partial charge is 0.105 e. The summed E-state index contributed by atoms with van der Waals surface area (Å²) < 4.78 is 5.28. The van der Waals surface area contributed by atoms with Gasteiger partial charge >= 0.3 is 0 Å². The molecule has 11 heavy (non-hydrogen) atoms. The Morgan fingerprint density at radius 3 is 2.55 bits per heavy atom. The van der Waals surface area contributed by atoms with Crippen LogP contribution in [0.15, 0.2) is 10.5 Å². The average Bonchev–Trinajstić information content (AvgIpc) is 2.09. The molecule has 0 radical (unpaired) electrons. The van der Waals surface area contributed by atoms with Gasteiger partial charge in [0.05, 0.1) is 6.54 Å². The highest BCUT2D eigenvalue weighted by Crippen LogP contribution is 2.14. The molecule has 0 aliphatic carbocycles. The van der Waals surface area contributed by atoms with E-state index in [2.05, 4.69) is 0 Å². The van der Waals surface area contributed by atoms with Gasteiger partial charge in [-0.2, -0.15) is 5.06 Å². The summed E-state index contributed by atoms with van der Waals surface area (Å²) >= 11 is 0. The molecule has 0 saturated heterocycles. The third kappa shape index (κ3) is 2.06. The minimum Gasteiger partial charge on any atom is -0.466 e. The van der Waals surface area contributed by atoms with Crippen molar-refractivity contribution in [3.63, 3.8) is 0 Å². The Labute approximate surface area is 66.2 Å². The van der Waals surface area contributed by atoms with Crippen molar-refractivity contribution in [2.45, 2.75) is 20.4 Å². The quantitative estimate of drug-likeness (QED) is 0.660. The van der Waals surface area contributed by atoms with E-state index in [1.165, 1.54) is 0 Å². The van der Waals surface area contributed by atoms with Crippen molar-refractivity contribution in [1.82, 2.24) is 5.06 Å². The van der Waals surface area contributed by atoms with Crippen LogP contribution >= 0.6 is 0 Å². The maximum Gasteiger partial charge on any atom is 0.105 e. The second-order valence-corrected chi connectivity index (χ2v) is 2.75. The summed E-state index contributed by atoms with van der Waals surface area (Å²) in [4.78, 5) is 0. The van der Waals surface area contributed by atoms with Crippen LogP contribution in [0.4, 0.5) is 0 Å². The van der Waals surface area contributed by atoms with Crippen LogP contribution in [0.2, 0.25) is 0 Å². The molecule has 1 heterocycles. The topological polar surface area (TPSA) is 36.6 Å². The summed E-state index contributed by atoms with van der Waals surface area (Å²) in [6, 6.07) is 1.93. The van der Waals surface area contributed by atoms with E-state index in [9.17, 15) is 0 Å². The zero-order valence-electron chi connectivity index (χ0n) is 7.09. The summed E-state index contributed by atoms with van der Waals surface area (Å²) in [6.45, 7) is 4.31. The van der Waals surface area contributed by atoms with Gasteiger partial charge in [-0.1, -0.05) is 0 Å². The highest BCUT2D eigenvalue weighted by atomic mass is 16.5. The Morgan fingerprint density at radius 1 is 1.55 bits per heavy atom. The van der Waals surface area contributed by atoms with E-state index in [4.69, 9.17) is 9.62 Å². The summed E-state index contributed by atoms with van der Waals surface area (Å²) in [5.41, 5.74) is 1.03. The standard InChI is InChI=1S/C8H13NO2/c1-6-4-8(5-9(3)10)7(2)11-6/h4,10H,5H2,1-3H3. The summed E-state index contributed by atoms with van der Waals surface area (Å²) in [6.07, 6.45) is 0. The van der Waals surface area contributed by atoms with Crippen LogP contribution in [0.25, 0.3) is 0 Å². The van der Waals surface area contributed by atoms with Crippen molar-refractivity contribution in [2.24, 2.45) is 0 Å². The van der Waals surface area contributed by atoms with Gasteiger partial charge in [0.25, 0.3) is 0 Å². The first-order valence-corrected chi connectivity index (χ1v) is 3.55. The van der Waals surface area contributed by atoms with Crippen LogP contribution < -0.4 is 0 Å². The molecule has 3 heteroatoms. The minimum atomic E-state index is 0.517. The van der Waals surface area contributed by atoms with Gasteiger partial charge in [-0.3, -0.25) is 0 Å². The molecule has 3 nitrogen and oxygen atoms in total.